The normalized spacial score (nSPS) is 11.7. The summed E-state index contributed by atoms with van der Waals surface area (Å²) in [6, 6.07) is 0. The quantitative estimate of drug-likeness (QED) is 0.714. The number of H-pyrrole nitrogens is 1. The Labute approximate surface area is 77.0 Å². The molecule has 1 rings (SSSR count). The molecule has 1 aromatic heterocycles. The van der Waals surface area contributed by atoms with Crippen LogP contribution >= 0.6 is 0 Å². The van der Waals surface area contributed by atoms with Crippen LogP contribution in [0.5, 0.6) is 0 Å². The molecule has 0 saturated carbocycles. The topological polar surface area (TPSA) is 71.8 Å². The average Bonchev–Trinajstić information content (AvgIpc) is 1.95. The molecule has 0 spiro atoms. The third-order valence-electron chi connectivity index (χ3n) is 1.62. The number of halogens is 3. The molecule has 4 nitrogen and oxygen atoms in total. The fourth-order valence-electron chi connectivity index (χ4n) is 1.04. The van der Waals surface area contributed by atoms with Gasteiger partial charge in [0, 0.05) is 5.56 Å². The van der Waals surface area contributed by atoms with Crippen molar-refractivity contribution < 1.29 is 13.2 Å². The lowest BCUT2D eigenvalue weighted by Gasteiger charge is -2.07. The number of nitrogens with two attached hydrogens (primary N) is 1. The first-order chi connectivity index (χ1) is 6.29. The molecule has 0 unspecified atom stereocenters. The van der Waals surface area contributed by atoms with E-state index in [0.29, 0.717) is 0 Å². The van der Waals surface area contributed by atoms with Crippen LogP contribution in [0.25, 0.3) is 0 Å². The highest BCUT2D eigenvalue weighted by molar-refractivity contribution is 5.24. The zero-order valence-corrected chi connectivity index (χ0v) is 7.27. The molecular formula is C7H8F3N3O. The lowest BCUT2D eigenvalue weighted by Crippen LogP contribution is -2.24. The van der Waals surface area contributed by atoms with Crippen LogP contribution in [-0.4, -0.2) is 16.1 Å². The molecule has 0 saturated heterocycles. The maximum Gasteiger partial charge on any atom is 0.393 e. The molecule has 0 aromatic carbocycles. The van der Waals surface area contributed by atoms with Gasteiger partial charge in [0.2, 0.25) is 5.95 Å². The zero-order valence-electron chi connectivity index (χ0n) is 7.27. The monoisotopic (exact) mass is 207 g/mol. The van der Waals surface area contributed by atoms with Crippen molar-refractivity contribution in [2.45, 2.75) is 19.5 Å². The van der Waals surface area contributed by atoms with Crippen LogP contribution in [-0.2, 0) is 6.42 Å². The fourth-order valence-corrected chi connectivity index (χ4v) is 1.04. The van der Waals surface area contributed by atoms with Gasteiger partial charge < -0.3 is 5.73 Å². The lowest BCUT2D eigenvalue weighted by molar-refractivity contribution is -0.127. The van der Waals surface area contributed by atoms with E-state index in [1.165, 1.54) is 6.92 Å². The van der Waals surface area contributed by atoms with E-state index in [2.05, 4.69) is 4.98 Å². The maximum atomic E-state index is 12.0. The number of hydrogen-bond acceptors (Lipinski definition) is 3. The third kappa shape index (κ3) is 2.48. The van der Waals surface area contributed by atoms with Crippen LogP contribution in [0.2, 0.25) is 0 Å². The van der Waals surface area contributed by atoms with Crippen LogP contribution in [0.15, 0.2) is 4.79 Å². The minimum absolute atomic E-state index is 0.00331. The number of nitrogens with zero attached hydrogens (tertiary/aromatic N) is 1. The number of nitrogens with one attached hydrogen (secondary N) is 1. The summed E-state index contributed by atoms with van der Waals surface area (Å²) < 4.78 is 36.0. The summed E-state index contributed by atoms with van der Waals surface area (Å²) in [6.07, 6.45) is -5.71. The molecule has 0 aliphatic rings. The third-order valence-corrected chi connectivity index (χ3v) is 1.62. The van der Waals surface area contributed by atoms with Gasteiger partial charge in [0.25, 0.3) is 5.56 Å². The Hall–Kier alpha value is -1.53. The van der Waals surface area contributed by atoms with E-state index in [9.17, 15) is 18.0 Å². The number of nitrogen functional groups attached to an aromatic ring is 1. The highest BCUT2D eigenvalue weighted by atomic mass is 19.4. The second kappa shape index (κ2) is 3.32. The van der Waals surface area contributed by atoms with E-state index >= 15 is 0 Å². The van der Waals surface area contributed by atoms with E-state index in [0.717, 1.165) is 0 Å². The molecule has 0 amide bonds. The Morgan fingerprint density at radius 2 is 2.07 bits per heavy atom. The Morgan fingerprint density at radius 1 is 1.50 bits per heavy atom. The molecule has 0 fully saturated rings. The summed E-state index contributed by atoms with van der Waals surface area (Å²) in [5.74, 6) is -0.182. The van der Waals surface area contributed by atoms with E-state index in [1.54, 1.807) is 0 Å². The molecule has 1 heterocycles. The minimum Gasteiger partial charge on any atom is -0.369 e. The summed E-state index contributed by atoms with van der Waals surface area (Å²) in [5.41, 5.74) is 3.91. The number of aryl methyl sites for hydroxylation is 1. The standard InChI is InChI=1S/C7H8F3N3O/c1-3-4(2-7(8,9)10)5(14)13-6(11)12-3/h2H2,1H3,(H3,11,12,13,14). The largest absolute Gasteiger partial charge is 0.393 e. The minimum atomic E-state index is -4.42. The molecule has 14 heavy (non-hydrogen) atoms. The SMILES string of the molecule is Cc1nc(N)[nH]c(=O)c1CC(F)(F)F. The summed E-state index contributed by atoms with van der Waals surface area (Å²) in [5, 5.41) is 0. The van der Waals surface area contributed by atoms with Gasteiger partial charge in [-0.25, -0.2) is 4.98 Å². The van der Waals surface area contributed by atoms with Crippen molar-refractivity contribution in [2.24, 2.45) is 0 Å². The van der Waals surface area contributed by atoms with E-state index in [-0.39, 0.29) is 11.6 Å². The predicted molar refractivity (Wildman–Crippen MR) is 43.8 cm³/mol. The lowest BCUT2D eigenvalue weighted by atomic mass is 10.2. The predicted octanol–water partition coefficient (Wildman–Crippen LogP) is 0.765. The molecule has 0 atom stereocenters. The summed E-state index contributed by atoms with van der Waals surface area (Å²) in [7, 11) is 0. The van der Waals surface area contributed by atoms with E-state index in [4.69, 9.17) is 5.73 Å². The summed E-state index contributed by atoms with van der Waals surface area (Å²) >= 11 is 0. The van der Waals surface area contributed by atoms with Gasteiger partial charge in [-0.2, -0.15) is 13.2 Å². The Morgan fingerprint density at radius 3 is 2.50 bits per heavy atom. The molecule has 0 aliphatic carbocycles. The average molecular weight is 207 g/mol. The second-order valence-corrected chi connectivity index (χ2v) is 2.81. The van der Waals surface area contributed by atoms with Crippen molar-refractivity contribution in [3.63, 3.8) is 0 Å². The van der Waals surface area contributed by atoms with Crippen LogP contribution in [0, 0.1) is 6.92 Å². The van der Waals surface area contributed by atoms with Gasteiger partial charge in [-0.05, 0) is 6.92 Å². The first kappa shape index (κ1) is 10.6. The number of aromatic amines is 1. The first-order valence-electron chi connectivity index (χ1n) is 3.71. The van der Waals surface area contributed by atoms with Gasteiger partial charge in [0.15, 0.2) is 0 Å². The molecule has 7 heteroatoms. The van der Waals surface area contributed by atoms with Crippen LogP contribution in [0.1, 0.15) is 11.3 Å². The van der Waals surface area contributed by atoms with Gasteiger partial charge in [0.05, 0.1) is 12.1 Å². The van der Waals surface area contributed by atoms with Crippen LogP contribution < -0.4 is 11.3 Å². The van der Waals surface area contributed by atoms with Crippen LogP contribution in [0.4, 0.5) is 19.1 Å². The number of hydrogen-bond donors (Lipinski definition) is 2. The smallest absolute Gasteiger partial charge is 0.369 e. The van der Waals surface area contributed by atoms with Crippen molar-refractivity contribution in [2.75, 3.05) is 5.73 Å². The highest BCUT2D eigenvalue weighted by Gasteiger charge is 2.30. The molecule has 0 bridgehead atoms. The Kier molecular flexibility index (Phi) is 2.50. The highest BCUT2D eigenvalue weighted by Crippen LogP contribution is 2.20. The van der Waals surface area contributed by atoms with E-state index in [1.807, 2.05) is 4.98 Å². The Balaban J connectivity index is 3.16. The van der Waals surface area contributed by atoms with Crippen molar-refractivity contribution in [1.29, 1.82) is 0 Å². The molecule has 78 valence electrons. The van der Waals surface area contributed by atoms with Crippen molar-refractivity contribution in [3.8, 4) is 0 Å². The fraction of sp³-hybridized carbons (Fsp3) is 0.429. The Bertz CT molecular complexity index is 396. The van der Waals surface area contributed by atoms with Gasteiger partial charge in [0.1, 0.15) is 0 Å². The van der Waals surface area contributed by atoms with Crippen molar-refractivity contribution in [1.82, 2.24) is 9.97 Å². The molecule has 1 aromatic rings. The molecular weight excluding hydrogens is 199 g/mol. The molecule has 0 radical (unpaired) electrons. The number of anilines is 1. The molecule has 0 aliphatic heterocycles. The molecule has 3 N–H and O–H groups in total. The second-order valence-electron chi connectivity index (χ2n) is 2.81. The van der Waals surface area contributed by atoms with Gasteiger partial charge in [-0.15, -0.1) is 0 Å². The van der Waals surface area contributed by atoms with Gasteiger partial charge in [-0.3, -0.25) is 9.78 Å². The van der Waals surface area contributed by atoms with Crippen molar-refractivity contribution in [3.05, 3.63) is 21.6 Å². The summed E-state index contributed by atoms with van der Waals surface area (Å²) in [6.45, 7) is 1.31. The van der Waals surface area contributed by atoms with E-state index < -0.39 is 23.7 Å². The zero-order chi connectivity index (χ0) is 10.9. The number of aromatic nitrogens is 2. The summed E-state index contributed by atoms with van der Waals surface area (Å²) in [4.78, 5) is 16.6. The van der Waals surface area contributed by atoms with Crippen molar-refractivity contribution >= 4 is 5.95 Å². The first-order valence-corrected chi connectivity index (χ1v) is 3.71. The van der Waals surface area contributed by atoms with Gasteiger partial charge in [-0.1, -0.05) is 0 Å². The van der Waals surface area contributed by atoms with Crippen LogP contribution in [0.3, 0.4) is 0 Å². The van der Waals surface area contributed by atoms with Gasteiger partial charge >= 0.3 is 6.18 Å². The number of alkyl halides is 3. The maximum absolute atomic E-state index is 12.0. The number of rotatable bonds is 1.